The Bertz CT molecular complexity index is 669. The van der Waals surface area contributed by atoms with Crippen LogP contribution in [0.25, 0.3) is 0 Å². The number of rotatable bonds is 4. The second-order valence-corrected chi connectivity index (χ2v) is 4.25. The Morgan fingerprint density at radius 1 is 1.27 bits per heavy atom. The number of nitrogens with zero attached hydrogens (tertiary/aromatic N) is 1. The molecule has 9 nitrogen and oxygen atoms in total. The molecule has 0 atom stereocenters. The Morgan fingerprint density at radius 2 is 2.05 bits per heavy atom. The molecule has 0 saturated heterocycles. The number of aromatic nitrogens is 1. The maximum Gasteiger partial charge on any atom is 0.344 e. The van der Waals surface area contributed by atoms with E-state index in [1.807, 2.05) is 0 Å². The molecule has 2 aromatic heterocycles. The molecule has 0 aromatic carbocycles. The van der Waals surface area contributed by atoms with Crippen LogP contribution < -0.4 is 10.9 Å². The van der Waals surface area contributed by atoms with E-state index in [2.05, 4.69) is 16.0 Å². The lowest BCUT2D eigenvalue weighted by atomic mass is 10.2. The van der Waals surface area contributed by atoms with Gasteiger partial charge in [-0.25, -0.2) is 4.79 Å². The first-order valence-electron chi connectivity index (χ1n) is 6.21. The lowest BCUT2D eigenvalue weighted by Gasteiger charge is -2.06. The van der Waals surface area contributed by atoms with Gasteiger partial charge in [0.1, 0.15) is 11.3 Å². The predicted octanol–water partition coefficient (Wildman–Crippen LogP) is 0.502. The molecule has 0 spiro atoms. The molecule has 116 valence electrons. The monoisotopic (exact) mass is 307 g/mol. The average molecular weight is 307 g/mol. The Labute approximate surface area is 124 Å². The zero-order valence-corrected chi connectivity index (χ0v) is 11.8. The maximum atomic E-state index is 11.8. The standard InChI is InChI=1S/C13H13N3O6/c1-7-11(8(2)22-16-7)13(19)21-6-10(17)14-15-12(18)9-4-3-5-20-9/h3-5H,6H2,1-2H3,(H,14,17)(H,15,18). The molecule has 0 aliphatic heterocycles. The molecule has 0 bridgehead atoms. The highest BCUT2D eigenvalue weighted by Gasteiger charge is 2.20. The minimum Gasteiger partial charge on any atom is -0.459 e. The molecule has 0 fully saturated rings. The quantitative estimate of drug-likeness (QED) is 0.622. The highest BCUT2D eigenvalue weighted by Crippen LogP contribution is 2.13. The number of carbonyl (C=O) groups is 3. The van der Waals surface area contributed by atoms with Crippen molar-refractivity contribution in [3.8, 4) is 0 Å². The first-order chi connectivity index (χ1) is 10.5. The third kappa shape index (κ3) is 3.51. The van der Waals surface area contributed by atoms with Crippen molar-refractivity contribution >= 4 is 17.8 Å². The molecule has 0 unspecified atom stereocenters. The zero-order valence-electron chi connectivity index (χ0n) is 11.8. The van der Waals surface area contributed by atoms with Gasteiger partial charge in [0.15, 0.2) is 12.4 Å². The Kier molecular flexibility index (Phi) is 4.57. The van der Waals surface area contributed by atoms with E-state index >= 15 is 0 Å². The molecule has 9 heteroatoms. The summed E-state index contributed by atoms with van der Waals surface area (Å²) in [5, 5.41) is 3.61. The fourth-order valence-electron chi connectivity index (χ4n) is 1.61. The van der Waals surface area contributed by atoms with E-state index in [1.165, 1.54) is 18.4 Å². The van der Waals surface area contributed by atoms with Gasteiger partial charge < -0.3 is 13.7 Å². The molecule has 2 heterocycles. The van der Waals surface area contributed by atoms with Gasteiger partial charge >= 0.3 is 11.9 Å². The van der Waals surface area contributed by atoms with Crippen LogP contribution in [0.2, 0.25) is 0 Å². The number of ether oxygens (including phenoxy) is 1. The van der Waals surface area contributed by atoms with Crippen LogP contribution in [0.5, 0.6) is 0 Å². The van der Waals surface area contributed by atoms with Gasteiger partial charge in [-0.1, -0.05) is 5.16 Å². The highest BCUT2D eigenvalue weighted by molar-refractivity contribution is 5.94. The van der Waals surface area contributed by atoms with E-state index in [-0.39, 0.29) is 11.3 Å². The number of hydrogen-bond donors (Lipinski definition) is 2. The van der Waals surface area contributed by atoms with Crippen LogP contribution in [0.1, 0.15) is 32.4 Å². The number of nitrogens with one attached hydrogen (secondary N) is 2. The summed E-state index contributed by atoms with van der Waals surface area (Å²) >= 11 is 0. The third-order valence-corrected chi connectivity index (χ3v) is 2.63. The van der Waals surface area contributed by atoms with Crippen molar-refractivity contribution in [3.63, 3.8) is 0 Å². The van der Waals surface area contributed by atoms with Crippen molar-refractivity contribution in [1.29, 1.82) is 0 Å². The predicted molar refractivity (Wildman–Crippen MR) is 70.6 cm³/mol. The van der Waals surface area contributed by atoms with Crippen molar-refractivity contribution in [1.82, 2.24) is 16.0 Å². The summed E-state index contributed by atoms with van der Waals surface area (Å²) in [7, 11) is 0. The van der Waals surface area contributed by atoms with Crippen molar-refractivity contribution in [2.75, 3.05) is 6.61 Å². The second kappa shape index (κ2) is 6.57. The van der Waals surface area contributed by atoms with Crippen molar-refractivity contribution in [3.05, 3.63) is 41.2 Å². The van der Waals surface area contributed by atoms with Gasteiger partial charge in [0.05, 0.1) is 12.0 Å². The van der Waals surface area contributed by atoms with Gasteiger partial charge in [0.2, 0.25) is 0 Å². The first-order valence-corrected chi connectivity index (χ1v) is 6.21. The molecule has 2 aromatic rings. The minimum atomic E-state index is -0.733. The van der Waals surface area contributed by atoms with E-state index < -0.39 is 24.4 Å². The second-order valence-electron chi connectivity index (χ2n) is 4.25. The van der Waals surface area contributed by atoms with Gasteiger partial charge in [-0.3, -0.25) is 20.4 Å². The van der Waals surface area contributed by atoms with Crippen LogP contribution in [-0.4, -0.2) is 29.5 Å². The molecule has 0 saturated carbocycles. The normalized spacial score (nSPS) is 10.1. The minimum absolute atomic E-state index is 0.0352. The van der Waals surface area contributed by atoms with Gasteiger partial charge in [0.25, 0.3) is 5.91 Å². The molecular formula is C13H13N3O6. The first kappa shape index (κ1) is 15.3. The Hall–Kier alpha value is -3.10. The molecular weight excluding hydrogens is 294 g/mol. The van der Waals surface area contributed by atoms with Crippen LogP contribution in [0.4, 0.5) is 0 Å². The van der Waals surface area contributed by atoms with Crippen molar-refractivity contribution < 1.29 is 28.1 Å². The number of esters is 1. The number of carbonyl (C=O) groups excluding carboxylic acids is 3. The topological polar surface area (TPSA) is 124 Å². The summed E-state index contributed by atoms with van der Waals surface area (Å²) in [5.74, 6) is -1.73. The molecule has 2 amide bonds. The number of amides is 2. The molecule has 2 rings (SSSR count). The van der Waals surface area contributed by atoms with Gasteiger partial charge in [0, 0.05) is 0 Å². The van der Waals surface area contributed by atoms with Crippen LogP contribution in [0.3, 0.4) is 0 Å². The molecule has 22 heavy (non-hydrogen) atoms. The fraction of sp³-hybridized carbons (Fsp3) is 0.231. The summed E-state index contributed by atoms with van der Waals surface area (Å²) in [6.07, 6.45) is 1.32. The highest BCUT2D eigenvalue weighted by atomic mass is 16.5. The van der Waals surface area contributed by atoms with Crippen LogP contribution in [0, 0.1) is 13.8 Å². The summed E-state index contributed by atoms with van der Waals surface area (Å²) in [4.78, 5) is 34.7. The van der Waals surface area contributed by atoms with Gasteiger partial charge in [-0.15, -0.1) is 0 Å². The average Bonchev–Trinajstić information content (AvgIpc) is 3.12. The van der Waals surface area contributed by atoms with Gasteiger partial charge in [-0.2, -0.15) is 0 Å². The van der Waals surface area contributed by atoms with E-state index in [0.717, 1.165) is 0 Å². The molecule has 0 radical (unpaired) electrons. The maximum absolute atomic E-state index is 11.8. The fourth-order valence-corrected chi connectivity index (χ4v) is 1.61. The lowest BCUT2D eigenvalue weighted by molar-refractivity contribution is -0.125. The summed E-state index contributed by atoms with van der Waals surface area (Å²) < 4.78 is 14.5. The number of aryl methyl sites for hydroxylation is 2. The lowest BCUT2D eigenvalue weighted by Crippen LogP contribution is -2.43. The smallest absolute Gasteiger partial charge is 0.344 e. The van der Waals surface area contributed by atoms with Crippen molar-refractivity contribution in [2.24, 2.45) is 0 Å². The SMILES string of the molecule is Cc1noc(C)c1C(=O)OCC(=O)NNC(=O)c1ccco1. The van der Waals surface area contributed by atoms with Crippen LogP contribution in [-0.2, 0) is 9.53 Å². The molecule has 2 N–H and O–H groups in total. The van der Waals surface area contributed by atoms with Crippen LogP contribution >= 0.6 is 0 Å². The van der Waals surface area contributed by atoms with E-state index in [9.17, 15) is 14.4 Å². The number of hydrazine groups is 1. The summed E-state index contributed by atoms with van der Waals surface area (Å²) in [6.45, 7) is 2.57. The van der Waals surface area contributed by atoms with E-state index in [4.69, 9.17) is 13.7 Å². The Morgan fingerprint density at radius 3 is 2.64 bits per heavy atom. The Balaban J connectivity index is 1.78. The zero-order chi connectivity index (χ0) is 16.1. The van der Waals surface area contributed by atoms with Gasteiger partial charge in [-0.05, 0) is 26.0 Å². The largest absolute Gasteiger partial charge is 0.459 e. The molecule has 0 aliphatic carbocycles. The summed E-state index contributed by atoms with van der Waals surface area (Å²) in [6, 6.07) is 2.96. The van der Waals surface area contributed by atoms with E-state index in [1.54, 1.807) is 13.8 Å². The third-order valence-electron chi connectivity index (χ3n) is 2.63. The van der Waals surface area contributed by atoms with E-state index in [0.29, 0.717) is 11.5 Å². The van der Waals surface area contributed by atoms with Crippen molar-refractivity contribution in [2.45, 2.75) is 13.8 Å². The number of furan rings is 1. The number of hydrogen-bond acceptors (Lipinski definition) is 7. The molecule has 0 aliphatic rings. The van der Waals surface area contributed by atoms with Crippen LogP contribution in [0.15, 0.2) is 27.3 Å². The summed E-state index contributed by atoms with van der Waals surface area (Å²) in [5.41, 5.74) is 4.74.